The highest BCUT2D eigenvalue weighted by Gasteiger charge is 2.21. The van der Waals surface area contributed by atoms with Crippen LogP contribution >= 0.6 is 11.3 Å². The van der Waals surface area contributed by atoms with E-state index < -0.39 is 11.6 Å². The van der Waals surface area contributed by atoms with E-state index in [9.17, 15) is 14.4 Å². The topological polar surface area (TPSA) is 106 Å². The molecule has 0 amide bonds. The van der Waals surface area contributed by atoms with Crippen molar-refractivity contribution in [3.63, 3.8) is 0 Å². The summed E-state index contributed by atoms with van der Waals surface area (Å²) in [5, 5.41) is 12.5. The lowest BCUT2D eigenvalue weighted by atomic mass is 10.1. The number of aromatic amines is 1. The van der Waals surface area contributed by atoms with E-state index in [0.717, 1.165) is 15.3 Å². The number of aromatic nitrogens is 4. The molecule has 0 bridgehead atoms. The number of nitrogens with zero attached hydrogens (tertiary/aromatic N) is 3. The highest BCUT2D eigenvalue weighted by atomic mass is 32.1. The van der Waals surface area contributed by atoms with Crippen molar-refractivity contribution in [2.75, 3.05) is 0 Å². The van der Waals surface area contributed by atoms with Gasteiger partial charge in [0.1, 0.15) is 0 Å². The Bertz CT molecular complexity index is 914. The van der Waals surface area contributed by atoms with Gasteiger partial charge in [-0.3, -0.25) is 14.4 Å². The summed E-state index contributed by atoms with van der Waals surface area (Å²) in [6, 6.07) is 11.2. The summed E-state index contributed by atoms with van der Waals surface area (Å²) in [5.41, 5.74) is 1.76. The van der Waals surface area contributed by atoms with Crippen LogP contribution in [0.5, 0.6) is 0 Å². The molecule has 1 N–H and O–H groups in total. The van der Waals surface area contributed by atoms with Crippen LogP contribution in [0.2, 0.25) is 0 Å². The molecule has 2 aromatic heterocycles. The van der Waals surface area contributed by atoms with E-state index in [-0.39, 0.29) is 18.0 Å². The normalized spacial score (nSPS) is 10.6. The summed E-state index contributed by atoms with van der Waals surface area (Å²) in [7, 11) is 0. The van der Waals surface area contributed by atoms with E-state index in [1.165, 1.54) is 18.3 Å². The van der Waals surface area contributed by atoms with Crippen LogP contribution in [0.1, 0.15) is 43.2 Å². The molecule has 2 heterocycles. The number of Topliss-reactive ketones (excluding diaryl/α,β-unsaturated/α-hetero) is 3. The van der Waals surface area contributed by atoms with Gasteiger partial charge in [-0.15, -0.1) is 21.5 Å². The van der Waals surface area contributed by atoms with Gasteiger partial charge in [-0.1, -0.05) is 24.3 Å². The lowest BCUT2D eigenvalue weighted by molar-refractivity contribution is -0.114. The maximum atomic E-state index is 12.0. The molecule has 0 spiro atoms. The zero-order chi connectivity index (χ0) is 17.8. The first-order valence-electron chi connectivity index (χ1n) is 7.51. The van der Waals surface area contributed by atoms with Gasteiger partial charge >= 0.3 is 0 Å². The number of carbonyl (C=O) groups is 3. The Morgan fingerprint density at radius 1 is 1.04 bits per heavy atom. The van der Waals surface area contributed by atoms with E-state index in [1.54, 1.807) is 12.1 Å². The molecule has 1 aromatic carbocycles. The van der Waals surface area contributed by atoms with Crippen LogP contribution in [0, 0.1) is 0 Å². The minimum absolute atomic E-state index is 0.0152. The number of ketones is 3. The van der Waals surface area contributed by atoms with E-state index in [4.69, 9.17) is 0 Å². The van der Waals surface area contributed by atoms with E-state index in [1.807, 2.05) is 24.3 Å². The molecule has 0 radical (unpaired) electrons. The Balaban J connectivity index is 1.63. The smallest absolute Gasteiger partial charge is 0.269 e. The van der Waals surface area contributed by atoms with Gasteiger partial charge in [0.15, 0.2) is 5.78 Å². The van der Waals surface area contributed by atoms with Gasteiger partial charge in [0, 0.05) is 28.2 Å². The third kappa shape index (κ3) is 4.10. The van der Waals surface area contributed by atoms with Crippen LogP contribution in [0.15, 0.2) is 36.4 Å². The van der Waals surface area contributed by atoms with E-state index in [2.05, 4.69) is 20.6 Å². The molecule has 0 aliphatic rings. The Morgan fingerprint density at radius 3 is 2.40 bits per heavy atom. The van der Waals surface area contributed by atoms with Crippen molar-refractivity contribution < 1.29 is 14.4 Å². The van der Waals surface area contributed by atoms with E-state index >= 15 is 0 Å². The van der Waals surface area contributed by atoms with Crippen molar-refractivity contribution in [1.82, 2.24) is 20.6 Å². The van der Waals surface area contributed by atoms with Crippen LogP contribution in [-0.4, -0.2) is 38.0 Å². The second-order valence-electron chi connectivity index (χ2n) is 5.46. The fourth-order valence-electron chi connectivity index (χ4n) is 2.29. The van der Waals surface area contributed by atoms with Crippen LogP contribution in [0.3, 0.4) is 0 Å². The SMILES string of the molecule is CC(=O)c1ccc(Cc2ccc(CC(=O)C(=O)c3nn[nH]n3)s2)cc1. The molecule has 0 unspecified atom stereocenters. The third-order valence-corrected chi connectivity index (χ3v) is 4.68. The van der Waals surface area contributed by atoms with Crippen LogP contribution < -0.4 is 0 Å². The Hall–Kier alpha value is -3.00. The van der Waals surface area contributed by atoms with Crippen molar-refractivity contribution in [1.29, 1.82) is 0 Å². The first-order valence-corrected chi connectivity index (χ1v) is 8.33. The lowest BCUT2D eigenvalue weighted by Crippen LogP contribution is -2.17. The zero-order valence-corrected chi connectivity index (χ0v) is 14.2. The number of rotatable bonds is 7. The molecule has 25 heavy (non-hydrogen) atoms. The number of hydrogen-bond acceptors (Lipinski definition) is 7. The standard InChI is InChI=1S/C17H14N4O3S/c1-10(22)12-4-2-11(3-5-12)8-13-6-7-14(25-13)9-15(23)16(24)17-18-20-21-19-17/h2-7H,8-9H2,1H3,(H,18,19,20,21). The van der Waals surface area contributed by atoms with Crippen molar-refractivity contribution in [2.24, 2.45) is 0 Å². The number of benzene rings is 1. The minimum Gasteiger partial charge on any atom is -0.295 e. The van der Waals surface area contributed by atoms with Gasteiger partial charge < -0.3 is 0 Å². The molecule has 0 fully saturated rings. The second-order valence-corrected chi connectivity index (χ2v) is 6.72. The molecule has 0 atom stereocenters. The van der Waals surface area contributed by atoms with Gasteiger partial charge in [0.25, 0.3) is 5.78 Å². The maximum absolute atomic E-state index is 12.0. The minimum atomic E-state index is -0.747. The highest BCUT2D eigenvalue weighted by molar-refractivity contribution is 7.12. The Morgan fingerprint density at radius 2 is 1.76 bits per heavy atom. The van der Waals surface area contributed by atoms with Gasteiger partial charge in [0.2, 0.25) is 11.6 Å². The van der Waals surface area contributed by atoms with Gasteiger partial charge in [0.05, 0.1) is 0 Å². The lowest BCUT2D eigenvalue weighted by Gasteiger charge is -2.00. The average molecular weight is 354 g/mol. The van der Waals surface area contributed by atoms with Crippen molar-refractivity contribution in [3.05, 3.63) is 63.1 Å². The summed E-state index contributed by atoms with van der Waals surface area (Å²) in [6.07, 6.45) is 0.719. The van der Waals surface area contributed by atoms with Crippen molar-refractivity contribution in [3.8, 4) is 0 Å². The molecule has 3 rings (SSSR count). The summed E-state index contributed by atoms with van der Waals surface area (Å²) in [6.45, 7) is 1.54. The number of hydrogen-bond donors (Lipinski definition) is 1. The summed E-state index contributed by atoms with van der Waals surface area (Å²) >= 11 is 1.48. The van der Waals surface area contributed by atoms with Gasteiger partial charge in [-0.2, -0.15) is 5.21 Å². The predicted octanol–water partition coefficient (Wildman–Crippen LogP) is 2.05. The molecule has 7 nitrogen and oxygen atoms in total. The first kappa shape index (κ1) is 16.8. The molecule has 8 heteroatoms. The number of carbonyl (C=O) groups excluding carboxylic acids is 3. The van der Waals surface area contributed by atoms with Crippen molar-refractivity contribution in [2.45, 2.75) is 19.8 Å². The molecule has 3 aromatic rings. The molecule has 126 valence electrons. The second kappa shape index (κ2) is 7.27. The predicted molar refractivity (Wildman–Crippen MR) is 90.8 cm³/mol. The molecular formula is C17H14N4O3S. The molecule has 0 saturated carbocycles. The van der Waals surface area contributed by atoms with Crippen LogP contribution in [0.25, 0.3) is 0 Å². The first-order chi connectivity index (χ1) is 12.0. The summed E-state index contributed by atoms with van der Waals surface area (Å²) < 4.78 is 0. The van der Waals surface area contributed by atoms with Crippen LogP contribution in [0.4, 0.5) is 0 Å². The summed E-state index contributed by atoms with van der Waals surface area (Å²) in [5.74, 6) is -1.49. The maximum Gasteiger partial charge on any atom is 0.269 e. The number of thiophene rings is 1. The number of nitrogens with one attached hydrogen (secondary N) is 1. The highest BCUT2D eigenvalue weighted by Crippen LogP contribution is 2.21. The quantitative estimate of drug-likeness (QED) is 0.514. The number of H-pyrrole nitrogens is 1. The third-order valence-electron chi connectivity index (χ3n) is 3.59. The Labute approximate surface area is 147 Å². The monoisotopic (exact) mass is 354 g/mol. The van der Waals surface area contributed by atoms with Crippen LogP contribution in [-0.2, 0) is 17.6 Å². The van der Waals surface area contributed by atoms with Gasteiger partial charge in [-0.05, 0) is 29.8 Å². The molecule has 0 aliphatic heterocycles. The van der Waals surface area contributed by atoms with Gasteiger partial charge in [-0.25, -0.2) is 0 Å². The fraction of sp³-hybridized carbons (Fsp3) is 0.176. The van der Waals surface area contributed by atoms with Crippen molar-refractivity contribution >= 4 is 28.7 Å². The van der Waals surface area contributed by atoms with E-state index in [0.29, 0.717) is 12.0 Å². The Kier molecular flexibility index (Phi) is 4.90. The average Bonchev–Trinajstić information content (AvgIpc) is 3.27. The molecular weight excluding hydrogens is 340 g/mol. The largest absolute Gasteiger partial charge is 0.295 e. The summed E-state index contributed by atoms with van der Waals surface area (Å²) in [4.78, 5) is 37.0. The molecule has 0 saturated heterocycles. The molecule has 0 aliphatic carbocycles. The zero-order valence-electron chi connectivity index (χ0n) is 13.4. The fourth-order valence-corrected chi connectivity index (χ4v) is 3.34. The number of tetrazole rings is 1.